The van der Waals surface area contributed by atoms with E-state index in [1.54, 1.807) is 0 Å². The van der Waals surface area contributed by atoms with Crippen LogP contribution in [0.15, 0.2) is 0 Å². The first-order valence-electron chi connectivity index (χ1n) is 5.50. The highest BCUT2D eigenvalue weighted by Crippen LogP contribution is 2.49. The maximum absolute atomic E-state index is 13.8. The molecule has 0 unspecified atom stereocenters. The predicted octanol–water partition coefficient (Wildman–Crippen LogP) is 4.28. The molecule has 4 nitrogen and oxygen atoms in total. The van der Waals surface area contributed by atoms with Gasteiger partial charge in [0, 0.05) is 0 Å². The predicted molar refractivity (Wildman–Crippen MR) is 55.3 cm³/mol. The molecule has 0 fully saturated rings. The molecule has 0 aliphatic carbocycles. The van der Waals surface area contributed by atoms with Crippen molar-refractivity contribution in [2.45, 2.75) is 18.5 Å². The molecule has 0 aromatic heterocycles. The summed E-state index contributed by atoms with van der Waals surface area (Å²) in [6.45, 7) is 0. The summed E-state index contributed by atoms with van der Waals surface area (Å²) in [5.74, 6) is -9.61. The summed E-state index contributed by atoms with van der Waals surface area (Å²) >= 11 is 0. The highest BCUT2D eigenvalue weighted by molar-refractivity contribution is 5.99. The summed E-state index contributed by atoms with van der Waals surface area (Å²) in [5, 5.41) is 17.1. The number of rotatable bonds is 2. The lowest BCUT2D eigenvalue weighted by Crippen LogP contribution is -2.30. The summed E-state index contributed by atoms with van der Waals surface area (Å²) in [7, 11) is 0. The average molecular weight is 388 g/mol. The number of benzene rings is 1. The Balaban J connectivity index is 4.46. The van der Waals surface area contributed by atoms with Gasteiger partial charge in [0.1, 0.15) is 11.1 Å². The van der Waals surface area contributed by atoms with E-state index in [4.69, 9.17) is 10.2 Å². The maximum Gasteiger partial charge on any atom is 0.419 e. The highest BCUT2D eigenvalue weighted by atomic mass is 19.4. The van der Waals surface area contributed by atoms with Crippen molar-refractivity contribution >= 4 is 11.9 Å². The van der Waals surface area contributed by atoms with E-state index in [2.05, 4.69) is 0 Å². The molecule has 14 heteroatoms. The number of carboxylic acids is 2. The highest BCUT2D eigenvalue weighted by Gasteiger charge is 2.54. The first kappa shape index (κ1) is 20.5. The van der Waals surface area contributed by atoms with Crippen molar-refractivity contribution in [3.8, 4) is 0 Å². The van der Waals surface area contributed by atoms with Gasteiger partial charge < -0.3 is 10.2 Å². The van der Waals surface area contributed by atoms with Gasteiger partial charge in [-0.3, -0.25) is 0 Å². The van der Waals surface area contributed by atoms with Gasteiger partial charge in [0.05, 0.1) is 16.7 Å². The zero-order chi connectivity index (χ0) is 20.1. The van der Waals surface area contributed by atoms with Crippen LogP contribution in [0.5, 0.6) is 0 Å². The van der Waals surface area contributed by atoms with E-state index >= 15 is 0 Å². The van der Waals surface area contributed by atoms with Crippen LogP contribution in [-0.4, -0.2) is 22.2 Å². The number of carbonyl (C=O) groups is 2. The van der Waals surface area contributed by atoms with E-state index in [-0.39, 0.29) is 0 Å². The van der Waals surface area contributed by atoms with Crippen LogP contribution in [-0.2, 0) is 18.5 Å². The molecule has 0 aliphatic heterocycles. The smallest absolute Gasteiger partial charge is 0.419 e. The molecule has 0 atom stereocenters. The van der Waals surface area contributed by atoms with Crippen LogP contribution in [0.3, 0.4) is 0 Å². The molecule has 0 amide bonds. The van der Waals surface area contributed by atoms with Crippen molar-refractivity contribution in [3.05, 3.63) is 33.6 Å². The Kier molecular flexibility index (Phi) is 4.73. The van der Waals surface area contributed by atoms with Crippen molar-refractivity contribution in [1.29, 1.82) is 0 Å². The van der Waals surface area contributed by atoms with E-state index in [0.717, 1.165) is 0 Å². The molecule has 25 heavy (non-hydrogen) atoms. The summed E-state index contributed by atoms with van der Waals surface area (Å²) < 4.78 is 129. The fourth-order valence-corrected chi connectivity index (χ4v) is 1.97. The third-order valence-electron chi connectivity index (χ3n) is 2.72. The van der Waals surface area contributed by atoms with Crippen LogP contribution in [0.2, 0.25) is 0 Å². The normalized spacial score (nSPS) is 13.0. The van der Waals surface area contributed by atoms with Crippen LogP contribution in [0, 0.1) is 5.82 Å². The number of hydrogen-bond donors (Lipinski definition) is 2. The second kappa shape index (κ2) is 5.77. The third kappa shape index (κ3) is 3.61. The van der Waals surface area contributed by atoms with Gasteiger partial charge in [-0.25, -0.2) is 14.0 Å². The fraction of sp³-hybridized carbons (Fsp3) is 0.273. The molecule has 0 heterocycles. The average Bonchev–Trinajstić information content (AvgIpc) is 2.32. The van der Waals surface area contributed by atoms with Gasteiger partial charge in [-0.2, -0.15) is 39.5 Å². The lowest BCUT2D eigenvalue weighted by atomic mass is 9.89. The van der Waals surface area contributed by atoms with Gasteiger partial charge in [0.2, 0.25) is 0 Å². The Morgan fingerprint density at radius 1 is 0.600 bits per heavy atom. The van der Waals surface area contributed by atoms with E-state index in [1.807, 2.05) is 0 Å². The van der Waals surface area contributed by atoms with E-state index in [9.17, 15) is 53.5 Å². The van der Waals surface area contributed by atoms with Gasteiger partial charge in [-0.05, 0) is 0 Å². The lowest BCUT2D eigenvalue weighted by Gasteiger charge is -2.23. The number of carboxylic acid groups (broad SMARTS) is 2. The van der Waals surface area contributed by atoms with E-state index in [1.165, 1.54) is 0 Å². The molecule has 0 spiro atoms. The largest absolute Gasteiger partial charge is 0.478 e. The van der Waals surface area contributed by atoms with Crippen LogP contribution in [0.25, 0.3) is 0 Å². The first-order chi connectivity index (χ1) is 10.9. The second-order valence-corrected chi connectivity index (χ2v) is 4.29. The van der Waals surface area contributed by atoms with Crippen LogP contribution in [0.4, 0.5) is 43.9 Å². The van der Waals surface area contributed by atoms with Crippen molar-refractivity contribution in [3.63, 3.8) is 0 Å². The van der Waals surface area contributed by atoms with Crippen molar-refractivity contribution in [2.75, 3.05) is 0 Å². The molecule has 0 saturated heterocycles. The number of alkyl halides is 9. The Bertz CT molecular complexity index is 741. The molecular weight excluding hydrogens is 386 g/mol. The van der Waals surface area contributed by atoms with Gasteiger partial charge in [0.15, 0.2) is 5.82 Å². The van der Waals surface area contributed by atoms with Crippen molar-refractivity contribution in [1.82, 2.24) is 0 Å². The van der Waals surface area contributed by atoms with Crippen molar-refractivity contribution < 1.29 is 63.7 Å². The topological polar surface area (TPSA) is 74.6 Å². The van der Waals surface area contributed by atoms with Gasteiger partial charge in [-0.15, -0.1) is 0 Å². The molecular formula is C11H2F10O4. The van der Waals surface area contributed by atoms with Gasteiger partial charge in [0.25, 0.3) is 0 Å². The van der Waals surface area contributed by atoms with Gasteiger partial charge in [-0.1, -0.05) is 0 Å². The molecule has 0 radical (unpaired) electrons. The summed E-state index contributed by atoms with van der Waals surface area (Å²) in [6.07, 6.45) is -18.9. The van der Waals surface area contributed by atoms with Crippen LogP contribution in [0.1, 0.15) is 37.4 Å². The lowest BCUT2D eigenvalue weighted by molar-refractivity contribution is -0.166. The molecule has 1 rings (SSSR count). The van der Waals surface area contributed by atoms with Gasteiger partial charge >= 0.3 is 30.5 Å². The maximum atomic E-state index is 13.8. The summed E-state index contributed by atoms with van der Waals surface area (Å²) in [6, 6.07) is 0. The second-order valence-electron chi connectivity index (χ2n) is 4.29. The van der Waals surface area contributed by atoms with Crippen LogP contribution >= 0.6 is 0 Å². The van der Waals surface area contributed by atoms with Crippen molar-refractivity contribution in [2.24, 2.45) is 0 Å². The minimum absolute atomic E-state index is 2.88. The molecule has 2 N–H and O–H groups in total. The SMILES string of the molecule is O=C(O)c1c(F)c(C(F)(F)F)c(C(F)(F)F)c(C(=O)O)c1C(F)(F)F. The summed E-state index contributed by atoms with van der Waals surface area (Å²) in [5.41, 5.74) is -16.1. The molecule has 0 aliphatic rings. The van der Waals surface area contributed by atoms with E-state index < -0.39 is 64.1 Å². The third-order valence-corrected chi connectivity index (χ3v) is 2.72. The number of hydrogen-bond acceptors (Lipinski definition) is 2. The quantitative estimate of drug-likeness (QED) is 0.742. The molecule has 1 aromatic rings. The molecule has 140 valence electrons. The number of halogens is 10. The zero-order valence-electron chi connectivity index (χ0n) is 11.0. The number of aromatic carboxylic acids is 2. The minimum atomic E-state index is -6.39. The Morgan fingerprint density at radius 2 is 0.920 bits per heavy atom. The summed E-state index contributed by atoms with van der Waals surface area (Å²) in [4.78, 5) is 21.5. The monoisotopic (exact) mass is 388 g/mol. The Labute approximate surface area is 129 Å². The van der Waals surface area contributed by atoms with Crippen LogP contribution < -0.4 is 0 Å². The Morgan fingerprint density at radius 3 is 1.16 bits per heavy atom. The zero-order valence-corrected chi connectivity index (χ0v) is 11.0. The molecule has 0 saturated carbocycles. The molecule has 1 aromatic carbocycles. The first-order valence-corrected chi connectivity index (χ1v) is 5.50. The fourth-order valence-electron chi connectivity index (χ4n) is 1.97. The van der Waals surface area contributed by atoms with E-state index in [0.29, 0.717) is 0 Å². The molecule has 0 bridgehead atoms. The minimum Gasteiger partial charge on any atom is -0.478 e. The standard InChI is InChI=1S/C11H2F10O4/c12-6-2(8(24)25)3(9(13,14)15)1(7(22)23)4(10(16,17)18)5(6)11(19,20)21/h(H,22,23)(H,24,25). The Hall–Kier alpha value is -2.54.